The van der Waals surface area contributed by atoms with Crippen molar-refractivity contribution in [3.05, 3.63) is 93.1 Å². The number of nitrogens with zero attached hydrogens (tertiary/aromatic N) is 4. The van der Waals surface area contributed by atoms with Gasteiger partial charge < -0.3 is 4.57 Å². The summed E-state index contributed by atoms with van der Waals surface area (Å²) in [4.78, 5) is 29.3. The number of fused-ring (bicyclic) bond motifs is 1. The van der Waals surface area contributed by atoms with Crippen LogP contribution >= 0.6 is 0 Å². The van der Waals surface area contributed by atoms with Crippen molar-refractivity contribution < 1.29 is 0 Å². The quantitative estimate of drug-likeness (QED) is 0.571. The van der Waals surface area contributed by atoms with Gasteiger partial charge in [-0.05, 0) is 18.2 Å². The first-order valence-electron chi connectivity index (χ1n) is 8.22. The third kappa shape index (κ3) is 2.82. The summed E-state index contributed by atoms with van der Waals surface area (Å²) in [5, 5.41) is 4.40. The van der Waals surface area contributed by atoms with Gasteiger partial charge >= 0.3 is 0 Å². The number of hydrogen-bond acceptors (Lipinski definition) is 4. The van der Waals surface area contributed by atoms with E-state index < -0.39 is 0 Å². The van der Waals surface area contributed by atoms with Crippen LogP contribution < -0.4 is 11.1 Å². The molecule has 0 aliphatic rings. The molecule has 0 saturated carbocycles. The number of benzene rings is 2. The summed E-state index contributed by atoms with van der Waals surface area (Å²) < 4.78 is 2.82. The smallest absolute Gasteiger partial charge is 0.274 e. The van der Waals surface area contributed by atoms with Gasteiger partial charge in [-0.15, -0.1) is 0 Å². The fourth-order valence-electron chi connectivity index (χ4n) is 2.91. The number of rotatable bonds is 3. The Morgan fingerprint density at radius 2 is 1.62 bits per heavy atom. The number of aryl methyl sites for hydroxylation is 1. The first-order chi connectivity index (χ1) is 12.6. The van der Waals surface area contributed by atoms with Crippen LogP contribution in [0, 0.1) is 0 Å². The molecule has 0 fully saturated rings. The van der Waals surface area contributed by atoms with E-state index in [2.05, 4.69) is 10.1 Å². The lowest BCUT2D eigenvalue weighted by molar-refractivity contribution is 0.622. The third-order valence-electron chi connectivity index (χ3n) is 4.29. The standard InChI is InChI=1S/C20H16N4O2/c1-23-18-10-6-5-9-16(18)21-17(20(23)26)13-24-19(25)12-11-15(22-24)14-7-3-2-4-8-14/h2-12H,13H2,1H3. The Morgan fingerprint density at radius 1 is 0.885 bits per heavy atom. The van der Waals surface area contributed by atoms with Crippen LogP contribution in [0.25, 0.3) is 22.3 Å². The zero-order valence-corrected chi connectivity index (χ0v) is 14.2. The number of para-hydroxylation sites is 2. The summed E-state index contributed by atoms with van der Waals surface area (Å²) in [6.45, 7) is 0.0248. The largest absolute Gasteiger partial charge is 0.308 e. The van der Waals surface area contributed by atoms with Crippen molar-refractivity contribution in [2.45, 2.75) is 6.54 Å². The van der Waals surface area contributed by atoms with E-state index in [1.807, 2.05) is 54.6 Å². The Kier molecular flexibility index (Phi) is 3.93. The van der Waals surface area contributed by atoms with Crippen LogP contribution in [-0.4, -0.2) is 19.3 Å². The van der Waals surface area contributed by atoms with Crippen molar-refractivity contribution in [1.29, 1.82) is 0 Å². The van der Waals surface area contributed by atoms with E-state index in [0.717, 1.165) is 11.1 Å². The molecular formula is C20H16N4O2. The molecule has 2 heterocycles. The first-order valence-corrected chi connectivity index (χ1v) is 8.22. The van der Waals surface area contributed by atoms with Crippen LogP contribution in [0.3, 0.4) is 0 Å². The van der Waals surface area contributed by atoms with Crippen molar-refractivity contribution in [2.75, 3.05) is 0 Å². The van der Waals surface area contributed by atoms with Gasteiger partial charge in [0.1, 0.15) is 5.69 Å². The van der Waals surface area contributed by atoms with Gasteiger partial charge in [-0.25, -0.2) is 9.67 Å². The van der Waals surface area contributed by atoms with Crippen molar-refractivity contribution in [2.24, 2.45) is 7.05 Å². The van der Waals surface area contributed by atoms with Gasteiger partial charge in [0.15, 0.2) is 0 Å². The minimum absolute atomic E-state index is 0.0248. The maximum atomic E-state index is 12.6. The second-order valence-electron chi connectivity index (χ2n) is 5.99. The molecule has 6 heteroatoms. The second-order valence-corrected chi connectivity index (χ2v) is 5.99. The van der Waals surface area contributed by atoms with Gasteiger partial charge in [-0.2, -0.15) is 5.10 Å². The predicted octanol–water partition coefficient (Wildman–Crippen LogP) is 2.21. The van der Waals surface area contributed by atoms with Gasteiger partial charge in [0.25, 0.3) is 11.1 Å². The molecule has 26 heavy (non-hydrogen) atoms. The second kappa shape index (κ2) is 6.40. The minimum atomic E-state index is -0.276. The van der Waals surface area contributed by atoms with Crippen LogP contribution in [0.4, 0.5) is 0 Å². The molecule has 0 N–H and O–H groups in total. The molecule has 6 nitrogen and oxygen atoms in total. The molecule has 0 amide bonds. The molecule has 0 spiro atoms. The van der Waals surface area contributed by atoms with Crippen molar-refractivity contribution in [1.82, 2.24) is 19.3 Å². The monoisotopic (exact) mass is 344 g/mol. The first kappa shape index (κ1) is 16.0. The Morgan fingerprint density at radius 3 is 2.42 bits per heavy atom. The predicted molar refractivity (Wildman–Crippen MR) is 100 cm³/mol. The topological polar surface area (TPSA) is 69.8 Å². The van der Waals surface area contributed by atoms with Gasteiger partial charge in [0.2, 0.25) is 0 Å². The zero-order valence-electron chi connectivity index (χ0n) is 14.2. The summed E-state index contributed by atoms with van der Waals surface area (Å²) in [5.74, 6) is 0. The molecule has 128 valence electrons. The summed E-state index contributed by atoms with van der Waals surface area (Å²) in [6.07, 6.45) is 0. The summed E-state index contributed by atoms with van der Waals surface area (Å²) >= 11 is 0. The Bertz CT molecular complexity index is 1210. The molecule has 0 atom stereocenters. The van der Waals surface area contributed by atoms with Crippen LogP contribution in [0.1, 0.15) is 5.69 Å². The highest BCUT2D eigenvalue weighted by molar-refractivity contribution is 5.74. The van der Waals surface area contributed by atoms with E-state index in [1.54, 1.807) is 17.7 Å². The average molecular weight is 344 g/mol. The third-order valence-corrected chi connectivity index (χ3v) is 4.29. The van der Waals surface area contributed by atoms with E-state index in [1.165, 1.54) is 10.7 Å². The number of aromatic nitrogens is 4. The Labute approximate surface area is 149 Å². The normalized spacial score (nSPS) is 11.0. The molecule has 0 saturated heterocycles. The molecule has 2 aromatic heterocycles. The van der Waals surface area contributed by atoms with E-state index >= 15 is 0 Å². The van der Waals surface area contributed by atoms with Crippen molar-refractivity contribution >= 4 is 11.0 Å². The van der Waals surface area contributed by atoms with Gasteiger partial charge in [-0.3, -0.25) is 9.59 Å². The zero-order chi connectivity index (χ0) is 18.1. The van der Waals surface area contributed by atoms with E-state index in [9.17, 15) is 9.59 Å². The highest BCUT2D eigenvalue weighted by atomic mass is 16.1. The Hall–Kier alpha value is -3.54. The molecule has 0 unspecified atom stereocenters. The lowest BCUT2D eigenvalue weighted by atomic mass is 10.1. The van der Waals surface area contributed by atoms with Crippen molar-refractivity contribution in [3.63, 3.8) is 0 Å². The summed E-state index contributed by atoms with van der Waals surface area (Å²) in [5.41, 5.74) is 2.80. The van der Waals surface area contributed by atoms with Crippen LogP contribution in [-0.2, 0) is 13.6 Å². The van der Waals surface area contributed by atoms with Gasteiger partial charge in [0.05, 0.1) is 23.3 Å². The summed E-state index contributed by atoms with van der Waals surface area (Å²) in [6, 6.07) is 20.1. The van der Waals surface area contributed by atoms with E-state index in [4.69, 9.17) is 0 Å². The molecule has 4 aromatic rings. The molecule has 0 aliphatic carbocycles. The van der Waals surface area contributed by atoms with E-state index in [0.29, 0.717) is 11.2 Å². The molecule has 0 radical (unpaired) electrons. The minimum Gasteiger partial charge on any atom is -0.308 e. The Balaban J connectivity index is 1.81. The fraction of sp³-hybridized carbons (Fsp3) is 0.100. The highest BCUT2D eigenvalue weighted by Gasteiger charge is 2.11. The lowest BCUT2D eigenvalue weighted by Crippen LogP contribution is -2.30. The van der Waals surface area contributed by atoms with Crippen LogP contribution in [0.15, 0.2) is 76.3 Å². The maximum Gasteiger partial charge on any atom is 0.274 e. The lowest BCUT2D eigenvalue weighted by Gasteiger charge is -2.09. The SMILES string of the molecule is Cn1c(=O)c(Cn2nc(-c3ccccc3)ccc2=O)nc2ccccc21. The molecular weight excluding hydrogens is 328 g/mol. The highest BCUT2D eigenvalue weighted by Crippen LogP contribution is 2.14. The number of hydrogen-bond donors (Lipinski definition) is 0. The van der Waals surface area contributed by atoms with Crippen LogP contribution in [0.5, 0.6) is 0 Å². The molecule has 2 aromatic carbocycles. The maximum absolute atomic E-state index is 12.6. The van der Waals surface area contributed by atoms with E-state index in [-0.39, 0.29) is 23.4 Å². The fourth-order valence-corrected chi connectivity index (χ4v) is 2.91. The average Bonchev–Trinajstić information content (AvgIpc) is 2.68. The molecule has 0 aliphatic heterocycles. The van der Waals surface area contributed by atoms with Crippen molar-refractivity contribution in [3.8, 4) is 11.3 Å². The molecule has 0 bridgehead atoms. The molecule has 4 rings (SSSR count). The van der Waals surface area contributed by atoms with Crippen LogP contribution in [0.2, 0.25) is 0 Å². The summed E-state index contributed by atoms with van der Waals surface area (Å²) in [7, 11) is 1.70. The van der Waals surface area contributed by atoms with Gasteiger partial charge in [-0.1, -0.05) is 42.5 Å². The van der Waals surface area contributed by atoms with Gasteiger partial charge in [0, 0.05) is 18.7 Å².